The fourth-order valence-corrected chi connectivity index (χ4v) is 2.98. The molecule has 0 unspecified atom stereocenters. The molecule has 0 amide bonds. The van der Waals surface area contributed by atoms with Crippen LogP contribution in [0.4, 0.5) is 0 Å². The Morgan fingerprint density at radius 1 is 1.29 bits per heavy atom. The predicted molar refractivity (Wildman–Crippen MR) is 89.4 cm³/mol. The minimum atomic E-state index is 0. The summed E-state index contributed by atoms with van der Waals surface area (Å²) in [5.41, 5.74) is 7.24. The molecule has 3 rings (SSSR count). The van der Waals surface area contributed by atoms with Gasteiger partial charge in [-0.1, -0.05) is 11.6 Å². The van der Waals surface area contributed by atoms with Gasteiger partial charge in [0.15, 0.2) is 0 Å². The van der Waals surface area contributed by atoms with Gasteiger partial charge in [-0.15, -0.1) is 12.4 Å². The smallest absolute Gasteiger partial charge is 0.123 e. The number of benzene rings is 1. The lowest BCUT2D eigenvalue weighted by Gasteiger charge is -2.31. The molecule has 1 saturated heterocycles. The standard InChI is InChI=1S/C16H23ClN2O.ClH/c17-14-5-6-16(20-11-12-3-4-12)13(8-14)9-19-7-1-2-15(18)10-19;/h5-6,8,12,15H,1-4,7,9-11,18H2;1H/t15-;/m1./s1. The van der Waals surface area contributed by atoms with Crippen LogP contribution >= 0.6 is 24.0 Å². The van der Waals surface area contributed by atoms with E-state index in [4.69, 9.17) is 22.1 Å². The first-order chi connectivity index (χ1) is 9.70. The zero-order valence-electron chi connectivity index (χ0n) is 12.3. The second-order valence-corrected chi connectivity index (χ2v) is 6.58. The third kappa shape index (κ3) is 5.03. The lowest BCUT2D eigenvalue weighted by Crippen LogP contribution is -2.42. The first-order valence-corrected chi connectivity index (χ1v) is 7.97. The maximum Gasteiger partial charge on any atom is 0.123 e. The molecule has 0 radical (unpaired) electrons. The normalized spacial score (nSPS) is 22.7. The SMILES string of the molecule is Cl.N[C@@H]1CCCN(Cc2cc(Cl)ccc2OCC2CC2)C1. The van der Waals surface area contributed by atoms with Gasteiger partial charge in [-0.05, 0) is 56.3 Å². The number of halogens is 2. The summed E-state index contributed by atoms with van der Waals surface area (Å²) < 4.78 is 5.97. The zero-order chi connectivity index (χ0) is 13.9. The molecule has 21 heavy (non-hydrogen) atoms. The van der Waals surface area contributed by atoms with E-state index in [9.17, 15) is 0 Å². The van der Waals surface area contributed by atoms with Crippen LogP contribution in [0.5, 0.6) is 5.75 Å². The first kappa shape index (κ1) is 16.9. The molecule has 2 aliphatic rings. The molecule has 2 N–H and O–H groups in total. The molecule has 0 aromatic heterocycles. The summed E-state index contributed by atoms with van der Waals surface area (Å²) >= 11 is 6.14. The molecule has 1 heterocycles. The summed E-state index contributed by atoms with van der Waals surface area (Å²) in [7, 11) is 0. The number of likely N-dealkylation sites (tertiary alicyclic amines) is 1. The van der Waals surface area contributed by atoms with Crippen molar-refractivity contribution in [3.8, 4) is 5.75 Å². The van der Waals surface area contributed by atoms with E-state index in [1.807, 2.05) is 18.2 Å². The van der Waals surface area contributed by atoms with Gasteiger partial charge in [0.2, 0.25) is 0 Å². The van der Waals surface area contributed by atoms with Gasteiger partial charge in [-0.25, -0.2) is 0 Å². The highest BCUT2D eigenvalue weighted by atomic mass is 35.5. The van der Waals surface area contributed by atoms with Crippen LogP contribution in [0.25, 0.3) is 0 Å². The van der Waals surface area contributed by atoms with Crippen LogP contribution in [0.3, 0.4) is 0 Å². The molecule has 118 valence electrons. The Hall–Kier alpha value is -0.480. The Morgan fingerprint density at radius 2 is 2.10 bits per heavy atom. The van der Waals surface area contributed by atoms with E-state index in [0.717, 1.165) is 49.4 Å². The molecule has 1 aromatic rings. The number of ether oxygens (including phenoxy) is 1. The minimum absolute atomic E-state index is 0. The average Bonchev–Trinajstić information content (AvgIpc) is 3.22. The van der Waals surface area contributed by atoms with Crippen LogP contribution in [0.1, 0.15) is 31.2 Å². The topological polar surface area (TPSA) is 38.5 Å². The van der Waals surface area contributed by atoms with Gasteiger partial charge >= 0.3 is 0 Å². The van der Waals surface area contributed by atoms with Gasteiger partial charge in [0.1, 0.15) is 5.75 Å². The summed E-state index contributed by atoms with van der Waals surface area (Å²) in [4.78, 5) is 2.41. The molecule has 1 atom stereocenters. The van der Waals surface area contributed by atoms with Crippen molar-refractivity contribution in [1.82, 2.24) is 4.90 Å². The molecule has 2 fully saturated rings. The molecule has 3 nitrogen and oxygen atoms in total. The molecule has 0 bridgehead atoms. The van der Waals surface area contributed by atoms with Crippen LogP contribution in [-0.2, 0) is 6.54 Å². The molecule has 1 aliphatic carbocycles. The minimum Gasteiger partial charge on any atom is -0.493 e. The van der Waals surface area contributed by atoms with E-state index >= 15 is 0 Å². The fourth-order valence-electron chi connectivity index (χ4n) is 2.78. The highest BCUT2D eigenvalue weighted by Crippen LogP contribution is 2.31. The second kappa shape index (κ2) is 7.68. The molecule has 1 saturated carbocycles. The van der Waals surface area contributed by atoms with Crippen molar-refractivity contribution >= 4 is 24.0 Å². The molecular formula is C16H24Cl2N2O. The van der Waals surface area contributed by atoms with E-state index in [2.05, 4.69) is 4.90 Å². The number of hydrogen-bond acceptors (Lipinski definition) is 3. The highest BCUT2D eigenvalue weighted by Gasteiger charge is 2.23. The van der Waals surface area contributed by atoms with Crippen LogP contribution in [0, 0.1) is 5.92 Å². The molecule has 0 spiro atoms. The summed E-state index contributed by atoms with van der Waals surface area (Å²) in [6.07, 6.45) is 4.94. The molecule has 1 aromatic carbocycles. The van der Waals surface area contributed by atoms with Crippen molar-refractivity contribution in [3.63, 3.8) is 0 Å². The fraction of sp³-hybridized carbons (Fsp3) is 0.625. The van der Waals surface area contributed by atoms with Crippen molar-refractivity contribution in [1.29, 1.82) is 0 Å². The van der Waals surface area contributed by atoms with Crippen molar-refractivity contribution in [3.05, 3.63) is 28.8 Å². The van der Waals surface area contributed by atoms with E-state index in [1.165, 1.54) is 24.8 Å². The Labute approximate surface area is 138 Å². The lowest BCUT2D eigenvalue weighted by molar-refractivity contribution is 0.197. The Bertz CT molecular complexity index is 466. The lowest BCUT2D eigenvalue weighted by atomic mass is 10.1. The van der Waals surface area contributed by atoms with Gasteiger partial charge < -0.3 is 10.5 Å². The number of nitrogens with zero attached hydrogens (tertiary/aromatic N) is 1. The van der Waals surface area contributed by atoms with Crippen molar-refractivity contribution in [2.45, 2.75) is 38.3 Å². The second-order valence-electron chi connectivity index (χ2n) is 6.14. The molecule has 1 aliphatic heterocycles. The van der Waals surface area contributed by atoms with Crippen LogP contribution in [-0.4, -0.2) is 30.6 Å². The van der Waals surface area contributed by atoms with Crippen molar-refractivity contribution < 1.29 is 4.74 Å². The monoisotopic (exact) mass is 330 g/mol. The average molecular weight is 331 g/mol. The largest absolute Gasteiger partial charge is 0.493 e. The summed E-state index contributed by atoms with van der Waals surface area (Å²) in [6.45, 7) is 3.80. The number of hydrogen-bond donors (Lipinski definition) is 1. The van der Waals surface area contributed by atoms with Gasteiger partial charge in [0.25, 0.3) is 0 Å². The van der Waals surface area contributed by atoms with E-state index < -0.39 is 0 Å². The quantitative estimate of drug-likeness (QED) is 0.898. The van der Waals surface area contributed by atoms with E-state index in [-0.39, 0.29) is 12.4 Å². The number of rotatable bonds is 5. The van der Waals surface area contributed by atoms with Gasteiger partial charge in [0, 0.05) is 29.7 Å². The van der Waals surface area contributed by atoms with Gasteiger partial charge in [-0.2, -0.15) is 0 Å². The van der Waals surface area contributed by atoms with Crippen LogP contribution in [0.15, 0.2) is 18.2 Å². The maximum atomic E-state index is 6.14. The number of nitrogens with two attached hydrogens (primary N) is 1. The highest BCUT2D eigenvalue weighted by molar-refractivity contribution is 6.30. The molecule has 5 heteroatoms. The maximum absolute atomic E-state index is 6.14. The van der Waals surface area contributed by atoms with E-state index in [0.29, 0.717) is 6.04 Å². The van der Waals surface area contributed by atoms with E-state index in [1.54, 1.807) is 0 Å². The predicted octanol–water partition coefficient (Wildman–Crippen LogP) is 3.47. The Morgan fingerprint density at radius 3 is 2.81 bits per heavy atom. The van der Waals surface area contributed by atoms with Gasteiger partial charge in [-0.3, -0.25) is 4.90 Å². The summed E-state index contributed by atoms with van der Waals surface area (Å²) in [5, 5.41) is 0.778. The van der Waals surface area contributed by atoms with Gasteiger partial charge in [0.05, 0.1) is 6.61 Å². The van der Waals surface area contributed by atoms with Crippen LogP contribution in [0.2, 0.25) is 5.02 Å². The molecular weight excluding hydrogens is 307 g/mol. The first-order valence-electron chi connectivity index (χ1n) is 7.60. The Kier molecular flexibility index (Phi) is 6.18. The number of piperidine rings is 1. The van der Waals surface area contributed by atoms with Crippen LogP contribution < -0.4 is 10.5 Å². The third-order valence-corrected chi connectivity index (χ3v) is 4.37. The Balaban J connectivity index is 0.00000161. The third-order valence-electron chi connectivity index (χ3n) is 4.13. The summed E-state index contributed by atoms with van der Waals surface area (Å²) in [5.74, 6) is 1.75. The van der Waals surface area contributed by atoms with Crippen molar-refractivity contribution in [2.75, 3.05) is 19.7 Å². The zero-order valence-corrected chi connectivity index (χ0v) is 13.8. The van der Waals surface area contributed by atoms with Crippen molar-refractivity contribution in [2.24, 2.45) is 11.7 Å². The summed E-state index contributed by atoms with van der Waals surface area (Å²) in [6, 6.07) is 6.25.